The van der Waals surface area contributed by atoms with Gasteiger partial charge in [-0.2, -0.15) is 0 Å². The molecule has 120 valence electrons. The van der Waals surface area contributed by atoms with Crippen LogP contribution in [0.3, 0.4) is 0 Å². The van der Waals surface area contributed by atoms with E-state index >= 15 is 0 Å². The molecule has 3 rings (SSSR count). The minimum Gasteiger partial charge on any atom is -0.481 e. The molecule has 3 aromatic rings. The van der Waals surface area contributed by atoms with Crippen LogP contribution in [0.15, 0.2) is 41.6 Å². The van der Waals surface area contributed by atoms with E-state index < -0.39 is 5.97 Å². The lowest BCUT2D eigenvalue weighted by molar-refractivity contribution is -0.136. The molecule has 0 unspecified atom stereocenters. The van der Waals surface area contributed by atoms with Gasteiger partial charge in [-0.05, 0) is 42.3 Å². The number of halogens is 1. The highest BCUT2D eigenvalue weighted by Crippen LogP contribution is 2.22. The molecule has 0 aliphatic heterocycles. The van der Waals surface area contributed by atoms with E-state index in [1.807, 2.05) is 37.3 Å². The number of aromatic amines is 1. The minimum atomic E-state index is -0.837. The van der Waals surface area contributed by atoms with Crippen molar-refractivity contribution in [2.45, 2.75) is 24.1 Å². The molecule has 2 heterocycles. The first-order valence-corrected chi connectivity index (χ1v) is 7.83. The average molecular weight is 350 g/mol. The van der Waals surface area contributed by atoms with Gasteiger partial charge in [0.15, 0.2) is 0 Å². The molecule has 2 aromatic heterocycles. The Morgan fingerprint density at radius 1 is 1.30 bits per heavy atom. The van der Waals surface area contributed by atoms with Crippen LogP contribution in [0.4, 0.5) is 0 Å². The van der Waals surface area contributed by atoms with Gasteiger partial charge in [0.2, 0.25) is 0 Å². The normalized spacial score (nSPS) is 10.5. The maximum atomic E-state index is 10.8. The van der Waals surface area contributed by atoms with E-state index in [0.717, 1.165) is 27.4 Å². The van der Waals surface area contributed by atoms with Crippen molar-refractivity contribution in [3.63, 3.8) is 0 Å². The fourth-order valence-corrected chi connectivity index (χ4v) is 3.01. The lowest BCUT2D eigenvalue weighted by atomic mass is 10.1. The maximum absolute atomic E-state index is 10.8. The van der Waals surface area contributed by atoms with Gasteiger partial charge < -0.3 is 10.1 Å². The number of fused-ring (bicyclic) bond motifs is 1. The van der Waals surface area contributed by atoms with E-state index in [9.17, 15) is 4.79 Å². The Kier molecular flexibility index (Phi) is 5.63. The summed E-state index contributed by atoms with van der Waals surface area (Å²) in [5, 5.41) is 9.80. The Bertz CT molecular complexity index is 835. The van der Waals surface area contributed by atoms with E-state index in [4.69, 9.17) is 5.11 Å². The van der Waals surface area contributed by atoms with Crippen LogP contribution < -0.4 is 0 Å². The number of hydrogen-bond acceptors (Lipinski definition) is 4. The van der Waals surface area contributed by atoms with Gasteiger partial charge in [-0.25, -0.2) is 9.97 Å². The van der Waals surface area contributed by atoms with Crippen molar-refractivity contribution in [3.05, 3.63) is 53.5 Å². The van der Waals surface area contributed by atoms with Crippen molar-refractivity contribution in [2.24, 2.45) is 0 Å². The van der Waals surface area contributed by atoms with Gasteiger partial charge in [-0.3, -0.25) is 4.79 Å². The molecule has 1 aromatic carbocycles. The lowest BCUT2D eigenvalue weighted by Crippen LogP contribution is -1.99. The Morgan fingerprint density at radius 3 is 2.87 bits per heavy atom. The monoisotopic (exact) mass is 349 g/mol. The number of carbonyl (C=O) groups is 1. The van der Waals surface area contributed by atoms with Crippen LogP contribution in [0.5, 0.6) is 0 Å². The van der Waals surface area contributed by atoms with Crippen LogP contribution in [0, 0.1) is 6.92 Å². The second-order valence-corrected chi connectivity index (χ2v) is 6.06. The number of pyridine rings is 1. The zero-order chi connectivity index (χ0) is 15.5. The van der Waals surface area contributed by atoms with Gasteiger partial charge >= 0.3 is 5.97 Å². The number of carboxylic acids is 1. The summed E-state index contributed by atoms with van der Waals surface area (Å²) in [5.74, 6) is 0.714. The third-order valence-corrected chi connectivity index (χ3v) is 4.14. The summed E-state index contributed by atoms with van der Waals surface area (Å²) in [4.78, 5) is 22.8. The Morgan fingerprint density at radius 2 is 2.13 bits per heavy atom. The van der Waals surface area contributed by atoms with Gasteiger partial charge in [0.05, 0.1) is 28.2 Å². The van der Waals surface area contributed by atoms with Crippen molar-refractivity contribution in [2.75, 3.05) is 0 Å². The van der Waals surface area contributed by atoms with Crippen LogP contribution >= 0.6 is 24.2 Å². The average Bonchev–Trinajstić information content (AvgIpc) is 2.87. The summed E-state index contributed by atoms with van der Waals surface area (Å²) in [6.07, 6.45) is 1.81. The lowest BCUT2D eigenvalue weighted by Gasteiger charge is -1.99. The highest BCUT2D eigenvalue weighted by atomic mass is 35.5. The number of nitrogens with one attached hydrogen (secondary N) is 1. The Balaban J connectivity index is 0.00000192. The maximum Gasteiger partial charge on any atom is 0.307 e. The van der Waals surface area contributed by atoms with Crippen molar-refractivity contribution >= 4 is 41.2 Å². The predicted octanol–water partition coefficient (Wildman–Crippen LogP) is 3.61. The number of benzene rings is 1. The van der Waals surface area contributed by atoms with E-state index in [1.54, 1.807) is 18.0 Å². The molecule has 2 N–H and O–H groups in total. The van der Waals surface area contributed by atoms with Crippen molar-refractivity contribution < 1.29 is 9.90 Å². The van der Waals surface area contributed by atoms with Gasteiger partial charge in [0.1, 0.15) is 5.82 Å². The van der Waals surface area contributed by atoms with Crippen molar-refractivity contribution in [1.82, 2.24) is 15.0 Å². The number of H-pyrrole nitrogens is 1. The number of thioether (sulfide) groups is 1. The number of rotatable bonds is 5. The molecule has 0 aliphatic rings. The second kappa shape index (κ2) is 7.48. The van der Waals surface area contributed by atoms with Crippen LogP contribution in [0.1, 0.15) is 17.0 Å². The summed E-state index contributed by atoms with van der Waals surface area (Å²) in [7, 11) is 0. The number of aryl methyl sites for hydroxylation is 1. The molecular weight excluding hydrogens is 334 g/mol. The molecule has 0 spiro atoms. The van der Waals surface area contributed by atoms with E-state index in [1.165, 1.54) is 5.56 Å². The minimum absolute atomic E-state index is 0. The Hall–Kier alpha value is -2.05. The van der Waals surface area contributed by atoms with E-state index in [-0.39, 0.29) is 18.8 Å². The second-order valence-electron chi connectivity index (χ2n) is 5.07. The highest BCUT2D eigenvalue weighted by Gasteiger charge is 2.07. The predicted molar refractivity (Wildman–Crippen MR) is 93.2 cm³/mol. The van der Waals surface area contributed by atoms with Gasteiger partial charge in [0, 0.05) is 6.20 Å². The SMILES string of the molecule is Cc1ccnc(SCc2nc3cc(CC(=O)O)ccc3[nH]2)c1.Cl. The molecule has 0 atom stereocenters. The van der Waals surface area contributed by atoms with Crippen molar-refractivity contribution in [1.29, 1.82) is 0 Å². The fourth-order valence-electron chi connectivity index (χ4n) is 2.19. The first-order chi connectivity index (χ1) is 10.6. The summed E-state index contributed by atoms with van der Waals surface area (Å²) in [5.41, 5.74) is 3.65. The molecule has 23 heavy (non-hydrogen) atoms. The van der Waals surface area contributed by atoms with E-state index in [2.05, 4.69) is 15.0 Å². The molecule has 0 radical (unpaired) electrons. The third kappa shape index (κ3) is 4.46. The molecule has 5 nitrogen and oxygen atoms in total. The standard InChI is InChI=1S/C16H15N3O2S.ClH/c1-10-4-5-17-15(6-10)22-9-14-18-12-3-2-11(8-16(20)21)7-13(12)19-14;/h2-7H,8-9H2,1H3,(H,18,19)(H,20,21);1H. The topological polar surface area (TPSA) is 78.9 Å². The summed E-state index contributed by atoms with van der Waals surface area (Å²) < 4.78 is 0. The number of aromatic nitrogens is 3. The van der Waals surface area contributed by atoms with E-state index in [0.29, 0.717) is 5.75 Å². The molecule has 0 amide bonds. The zero-order valence-corrected chi connectivity index (χ0v) is 14.1. The van der Waals surface area contributed by atoms with Gasteiger partial charge in [-0.1, -0.05) is 17.8 Å². The molecule has 0 fully saturated rings. The van der Waals surface area contributed by atoms with Crippen LogP contribution in [0.25, 0.3) is 11.0 Å². The summed E-state index contributed by atoms with van der Waals surface area (Å²) in [6.45, 7) is 2.04. The number of nitrogens with zero attached hydrogens (tertiary/aromatic N) is 2. The number of carboxylic acid groups (broad SMARTS) is 1. The summed E-state index contributed by atoms with van der Waals surface area (Å²) >= 11 is 1.62. The zero-order valence-electron chi connectivity index (χ0n) is 12.4. The van der Waals surface area contributed by atoms with Crippen molar-refractivity contribution in [3.8, 4) is 0 Å². The Labute approximate surface area is 144 Å². The molecule has 0 aliphatic carbocycles. The molecule has 0 saturated carbocycles. The largest absolute Gasteiger partial charge is 0.481 e. The molecular formula is C16H16ClN3O2S. The van der Waals surface area contributed by atoms with Crippen LogP contribution in [-0.4, -0.2) is 26.0 Å². The van der Waals surface area contributed by atoms with Gasteiger partial charge in [-0.15, -0.1) is 12.4 Å². The molecule has 7 heteroatoms. The first kappa shape index (κ1) is 17.3. The molecule has 0 bridgehead atoms. The fraction of sp³-hybridized carbons (Fsp3) is 0.188. The first-order valence-electron chi connectivity index (χ1n) is 6.85. The third-order valence-electron chi connectivity index (χ3n) is 3.20. The van der Waals surface area contributed by atoms with Crippen LogP contribution in [0.2, 0.25) is 0 Å². The van der Waals surface area contributed by atoms with Crippen LogP contribution in [-0.2, 0) is 17.0 Å². The number of hydrogen-bond donors (Lipinski definition) is 2. The quantitative estimate of drug-likeness (QED) is 0.688. The summed E-state index contributed by atoms with van der Waals surface area (Å²) in [6, 6.07) is 9.51. The van der Waals surface area contributed by atoms with Gasteiger partial charge in [0.25, 0.3) is 0 Å². The highest BCUT2D eigenvalue weighted by molar-refractivity contribution is 7.98. The number of aliphatic carboxylic acids is 1. The number of imidazole rings is 1. The smallest absolute Gasteiger partial charge is 0.307 e. The molecule has 0 saturated heterocycles.